The van der Waals surface area contributed by atoms with Crippen LogP contribution in [0.3, 0.4) is 0 Å². The van der Waals surface area contributed by atoms with Gasteiger partial charge < -0.3 is 9.80 Å². The summed E-state index contributed by atoms with van der Waals surface area (Å²) in [4.78, 5) is 15.6. The lowest BCUT2D eigenvalue weighted by atomic mass is 9.93. The normalized spacial score (nSPS) is 26.4. The molecule has 0 aromatic rings. The molecule has 0 N–H and O–H groups in total. The maximum atomic E-state index is 12.9. The highest BCUT2D eigenvalue weighted by molar-refractivity contribution is 7.87. The first-order chi connectivity index (χ1) is 9.40. The Morgan fingerprint density at radius 2 is 1.95 bits per heavy atom. The third kappa shape index (κ3) is 3.91. The van der Waals surface area contributed by atoms with Crippen LogP contribution in [-0.2, 0) is 15.0 Å². The average molecular weight is 306 g/mol. The van der Waals surface area contributed by atoms with Gasteiger partial charge in [-0.1, -0.05) is 6.92 Å². The number of nitrogens with zero attached hydrogens (tertiary/aromatic N) is 2. The summed E-state index contributed by atoms with van der Waals surface area (Å²) in [5.74, 6) is 0.355. The van der Waals surface area contributed by atoms with Crippen LogP contribution in [0.4, 0.5) is 3.89 Å². The molecule has 2 fully saturated rings. The van der Waals surface area contributed by atoms with Crippen LogP contribution in [0.5, 0.6) is 0 Å². The highest BCUT2D eigenvalue weighted by Gasteiger charge is 2.38. The minimum Gasteiger partial charge on any atom is -0.341 e. The number of amides is 1. The molecule has 1 unspecified atom stereocenters. The smallest absolute Gasteiger partial charge is 0.307 e. The number of rotatable bonds is 5. The van der Waals surface area contributed by atoms with Gasteiger partial charge in [-0.15, -0.1) is 3.89 Å². The first-order valence-electron chi connectivity index (χ1n) is 7.33. The van der Waals surface area contributed by atoms with Crippen molar-refractivity contribution in [2.45, 2.75) is 37.9 Å². The zero-order valence-corrected chi connectivity index (χ0v) is 12.7. The zero-order valence-electron chi connectivity index (χ0n) is 11.9. The minimum atomic E-state index is -4.59. The van der Waals surface area contributed by atoms with Gasteiger partial charge in [-0.2, -0.15) is 8.42 Å². The third-order valence-corrected chi connectivity index (χ3v) is 5.65. The van der Waals surface area contributed by atoms with Crippen LogP contribution < -0.4 is 0 Å². The van der Waals surface area contributed by atoms with E-state index in [2.05, 4.69) is 11.8 Å². The molecule has 2 saturated heterocycles. The van der Waals surface area contributed by atoms with E-state index in [1.807, 2.05) is 0 Å². The number of halogens is 1. The van der Waals surface area contributed by atoms with E-state index in [1.165, 1.54) is 4.90 Å². The predicted octanol–water partition coefficient (Wildman–Crippen LogP) is 1.01. The largest absolute Gasteiger partial charge is 0.341 e. The van der Waals surface area contributed by atoms with Crippen molar-refractivity contribution in [2.75, 3.05) is 32.7 Å². The van der Waals surface area contributed by atoms with Gasteiger partial charge in [0.25, 0.3) is 0 Å². The van der Waals surface area contributed by atoms with Gasteiger partial charge in [-0.05, 0) is 44.8 Å². The van der Waals surface area contributed by atoms with Crippen molar-refractivity contribution >= 4 is 16.1 Å². The Bertz CT molecular complexity index is 447. The van der Waals surface area contributed by atoms with E-state index < -0.39 is 15.5 Å². The Hall–Kier alpha value is -0.690. The molecule has 5 nitrogen and oxygen atoms in total. The van der Waals surface area contributed by atoms with Crippen molar-refractivity contribution < 1.29 is 17.1 Å². The van der Waals surface area contributed by atoms with Gasteiger partial charge in [0.2, 0.25) is 5.91 Å². The van der Waals surface area contributed by atoms with Crippen LogP contribution in [0.25, 0.3) is 0 Å². The lowest BCUT2D eigenvalue weighted by Gasteiger charge is -2.31. The number of piperidine rings is 1. The fourth-order valence-corrected chi connectivity index (χ4v) is 3.77. The molecule has 2 aliphatic heterocycles. The summed E-state index contributed by atoms with van der Waals surface area (Å²) >= 11 is 0. The SMILES string of the molecule is CCN1CCC(CCN2CC(S(=O)(=O)F)CC2=O)CC1. The molecule has 0 saturated carbocycles. The van der Waals surface area contributed by atoms with Crippen LogP contribution in [0.15, 0.2) is 0 Å². The van der Waals surface area contributed by atoms with Crippen molar-refractivity contribution in [1.29, 1.82) is 0 Å². The fourth-order valence-electron chi connectivity index (χ4n) is 3.07. The summed E-state index contributed by atoms with van der Waals surface area (Å²) in [5, 5.41) is -1.16. The van der Waals surface area contributed by atoms with Gasteiger partial charge in [-0.25, -0.2) is 0 Å². The summed E-state index contributed by atoms with van der Waals surface area (Å²) in [5.41, 5.74) is 0. The van der Waals surface area contributed by atoms with E-state index in [0.29, 0.717) is 12.5 Å². The Labute approximate surface area is 120 Å². The van der Waals surface area contributed by atoms with E-state index in [4.69, 9.17) is 0 Å². The average Bonchev–Trinajstić information content (AvgIpc) is 2.78. The predicted molar refractivity (Wildman–Crippen MR) is 74.5 cm³/mol. The molecule has 1 amide bonds. The molecule has 2 aliphatic rings. The van der Waals surface area contributed by atoms with E-state index in [9.17, 15) is 17.1 Å². The molecule has 0 radical (unpaired) electrons. The molecule has 0 aromatic carbocycles. The summed E-state index contributed by atoms with van der Waals surface area (Å²) in [6.07, 6.45) is 2.94. The Balaban J connectivity index is 1.76. The molecule has 2 heterocycles. The van der Waals surface area contributed by atoms with E-state index in [-0.39, 0.29) is 18.9 Å². The minimum absolute atomic E-state index is 0.0193. The summed E-state index contributed by atoms with van der Waals surface area (Å²) in [6, 6.07) is 0. The van der Waals surface area contributed by atoms with Crippen LogP contribution in [-0.4, -0.2) is 62.1 Å². The third-order valence-electron chi connectivity index (χ3n) is 4.54. The lowest BCUT2D eigenvalue weighted by molar-refractivity contribution is -0.127. The molecular weight excluding hydrogens is 283 g/mol. The van der Waals surface area contributed by atoms with Gasteiger partial charge in [0, 0.05) is 19.5 Å². The molecule has 116 valence electrons. The molecule has 2 rings (SSSR count). The first-order valence-corrected chi connectivity index (χ1v) is 8.78. The number of hydrogen-bond donors (Lipinski definition) is 0. The molecular formula is C13H23FN2O3S. The Morgan fingerprint density at radius 1 is 1.30 bits per heavy atom. The number of hydrogen-bond acceptors (Lipinski definition) is 4. The van der Waals surface area contributed by atoms with Crippen molar-refractivity contribution in [3.63, 3.8) is 0 Å². The van der Waals surface area contributed by atoms with Crippen LogP contribution in [0, 0.1) is 5.92 Å². The van der Waals surface area contributed by atoms with Crippen molar-refractivity contribution in [2.24, 2.45) is 5.92 Å². The standard InChI is InChI=1S/C13H23FN2O3S/c1-2-15-6-3-11(4-7-15)5-8-16-10-12(9-13(16)17)20(14,18)19/h11-12H,2-10H2,1H3. The van der Waals surface area contributed by atoms with Crippen LogP contribution >= 0.6 is 0 Å². The lowest BCUT2D eigenvalue weighted by Crippen LogP contribution is -2.35. The van der Waals surface area contributed by atoms with Gasteiger partial charge in [0.1, 0.15) is 5.25 Å². The van der Waals surface area contributed by atoms with Crippen molar-refractivity contribution in [3.05, 3.63) is 0 Å². The first kappa shape index (κ1) is 15.7. The van der Waals surface area contributed by atoms with Crippen molar-refractivity contribution in [3.8, 4) is 0 Å². The maximum absolute atomic E-state index is 12.9. The monoisotopic (exact) mass is 306 g/mol. The highest BCUT2D eigenvalue weighted by Crippen LogP contribution is 2.24. The molecule has 0 spiro atoms. The Kier molecular flexibility index (Phi) is 5.01. The van der Waals surface area contributed by atoms with Crippen LogP contribution in [0.2, 0.25) is 0 Å². The molecule has 0 aromatic heterocycles. The number of carbonyl (C=O) groups excluding carboxylic acids is 1. The van der Waals surface area contributed by atoms with E-state index in [0.717, 1.165) is 38.9 Å². The zero-order chi connectivity index (χ0) is 14.8. The van der Waals surface area contributed by atoms with Gasteiger partial charge in [0.15, 0.2) is 0 Å². The summed E-state index contributed by atoms with van der Waals surface area (Å²) < 4.78 is 34.6. The van der Waals surface area contributed by atoms with Crippen LogP contribution in [0.1, 0.15) is 32.6 Å². The quantitative estimate of drug-likeness (QED) is 0.711. The second-order valence-corrected chi connectivity index (χ2v) is 7.43. The molecule has 20 heavy (non-hydrogen) atoms. The second kappa shape index (κ2) is 6.39. The molecule has 0 bridgehead atoms. The fraction of sp³-hybridized carbons (Fsp3) is 0.923. The van der Waals surface area contributed by atoms with E-state index in [1.54, 1.807) is 0 Å². The number of carbonyl (C=O) groups is 1. The number of likely N-dealkylation sites (tertiary alicyclic amines) is 2. The van der Waals surface area contributed by atoms with Crippen molar-refractivity contribution in [1.82, 2.24) is 9.80 Å². The summed E-state index contributed by atoms with van der Waals surface area (Å²) in [6.45, 7) is 5.99. The van der Waals surface area contributed by atoms with E-state index >= 15 is 0 Å². The molecule has 0 aliphatic carbocycles. The highest BCUT2D eigenvalue weighted by atomic mass is 32.3. The molecule has 7 heteroatoms. The Morgan fingerprint density at radius 3 is 2.45 bits per heavy atom. The van der Waals surface area contributed by atoms with Gasteiger partial charge in [0.05, 0.1) is 0 Å². The molecule has 1 atom stereocenters. The maximum Gasteiger partial charge on any atom is 0.307 e. The topological polar surface area (TPSA) is 57.7 Å². The van der Waals surface area contributed by atoms with Gasteiger partial charge in [-0.3, -0.25) is 4.79 Å². The summed E-state index contributed by atoms with van der Waals surface area (Å²) in [7, 11) is -4.59. The second-order valence-electron chi connectivity index (χ2n) is 5.81. The van der Waals surface area contributed by atoms with Gasteiger partial charge >= 0.3 is 10.2 Å².